The van der Waals surface area contributed by atoms with Gasteiger partial charge in [0.2, 0.25) is 0 Å². The van der Waals surface area contributed by atoms with Crippen molar-refractivity contribution in [3.63, 3.8) is 0 Å². The minimum absolute atomic E-state index is 0.0526. The fourth-order valence-corrected chi connectivity index (χ4v) is 2.33. The molecule has 2 atom stereocenters. The first-order valence-corrected chi connectivity index (χ1v) is 7.81. The maximum atomic E-state index is 12.0. The Morgan fingerprint density at radius 1 is 1.14 bits per heavy atom. The summed E-state index contributed by atoms with van der Waals surface area (Å²) in [4.78, 5) is 24.5. The fourth-order valence-electron chi connectivity index (χ4n) is 2.14. The van der Waals surface area contributed by atoms with Gasteiger partial charge in [-0.25, -0.2) is 0 Å². The van der Waals surface area contributed by atoms with Crippen LogP contribution in [-0.4, -0.2) is 38.0 Å². The SMILES string of the molecule is CC(C)NC(=O)C[NH+](C)CC(=O)N[C@H](C)c1cccc(Cl)c1. The van der Waals surface area contributed by atoms with E-state index in [9.17, 15) is 9.59 Å². The second kappa shape index (κ2) is 8.76. The molecule has 0 aliphatic carbocycles. The summed E-state index contributed by atoms with van der Waals surface area (Å²) in [6.45, 7) is 6.25. The van der Waals surface area contributed by atoms with Crippen molar-refractivity contribution in [2.75, 3.05) is 20.1 Å². The van der Waals surface area contributed by atoms with E-state index in [1.807, 2.05) is 46.0 Å². The average Bonchev–Trinajstić information content (AvgIpc) is 2.36. The van der Waals surface area contributed by atoms with Crippen molar-refractivity contribution in [3.8, 4) is 0 Å². The molecule has 6 heteroatoms. The van der Waals surface area contributed by atoms with Crippen LogP contribution in [0.15, 0.2) is 24.3 Å². The van der Waals surface area contributed by atoms with Gasteiger partial charge in [-0.1, -0.05) is 23.7 Å². The quantitative estimate of drug-likeness (QED) is 0.685. The highest BCUT2D eigenvalue weighted by atomic mass is 35.5. The van der Waals surface area contributed by atoms with Crippen molar-refractivity contribution >= 4 is 23.4 Å². The summed E-state index contributed by atoms with van der Waals surface area (Å²) in [6, 6.07) is 7.39. The largest absolute Gasteiger partial charge is 0.349 e. The highest BCUT2D eigenvalue weighted by molar-refractivity contribution is 6.30. The number of likely N-dealkylation sites (N-methyl/N-ethyl adjacent to an activating group) is 1. The minimum Gasteiger partial charge on any atom is -0.349 e. The molecule has 1 rings (SSSR count). The Hall–Kier alpha value is -1.59. The zero-order valence-electron chi connectivity index (χ0n) is 13.6. The maximum absolute atomic E-state index is 12.0. The normalized spacial score (nSPS) is 13.5. The third-order valence-electron chi connectivity index (χ3n) is 3.10. The van der Waals surface area contributed by atoms with Crippen LogP contribution in [0, 0.1) is 0 Å². The first-order chi connectivity index (χ1) is 10.3. The summed E-state index contributed by atoms with van der Waals surface area (Å²) in [5, 5.41) is 6.38. The van der Waals surface area contributed by atoms with Crippen molar-refractivity contribution in [1.82, 2.24) is 10.6 Å². The molecule has 2 amide bonds. The number of quaternary nitrogens is 1. The Kier molecular flexibility index (Phi) is 7.35. The van der Waals surface area contributed by atoms with Gasteiger partial charge in [0, 0.05) is 11.1 Å². The van der Waals surface area contributed by atoms with E-state index in [1.54, 1.807) is 6.07 Å². The molecule has 0 aliphatic rings. The molecule has 0 saturated heterocycles. The second-order valence-corrected chi connectivity index (χ2v) is 6.31. The van der Waals surface area contributed by atoms with Gasteiger partial charge in [-0.15, -0.1) is 0 Å². The van der Waals surface area contributed by atoms with Crippen LogP contribution in [0.2, 0.25) is 5.02 Å². The van der Waals surface area contributed by atoms with Gasteiger partial charge >= 0.3 is 0 Å². The molecule has 0 fully saturated rings. The second-order valence-electron chi connectivity index (χ2n) is 5.88. The third-order valence-corrected chi connectivity index (χ3v) is 3.34. The van der Waals surface area contributed by atoms with Crippen molar-refractivity contribution in [1.29, 1.82) is 0 Å². The molecule has 1 aromatic carbocycles. The van der Waals surface area contributed by atoms with Gasteiger partial charge in [0.15, 0.2) is 13.1 Å². The van der Waals surface area contributed by atoms with E-state index < -0.39 is 0 Å². The van der Waals surface area contributed by atoms with Gasteiger partial charge in [0.1, 0.15) is 0 Å². The van der Waals surface area contributed by atoms with Crippen LogP contribution in [0.4, 0.5) is 0 Å². The minimum atomic E-state index is -0.122. The molecule has 0 bridgehead atoms. The lowest BCUT2D eigenvalue weighted by Gasteiger charge is -2.18. The lowest BCUT2D eigenvalue weighted by atomic mass is 10.1. The summed E-state index contributed by atoms with van der Waals surface area (Å²) < 4.78 is 0. The zero-order chi connectivity index (χ0) is 16.7. The van der Waals surface area contributed by atoms with Crippen LogP contribution in [0.3, 0.4) is 0 Å². The molecule has 3 N–H and O–H groups in total. The molecule has 0 spiro atoms. The van der Waals surface area contributed by atoms with Crippen LogP contribution in [0.25, 0.3) is 0 Å². The van der Waals surface area contributed by atoms with Gasteiger partial charge in [0.05, 0.1) is 13.1 Å². The van der Waals surface area contributed by atoms with Gasteiger partial charge in [-0.05, 0) is 38.5 Å². The number of carbonyl (C=O) groups is 2. The van der Waals surface area contributed by atoms with Gasteiger partial charge in [0.25, 0.3) is 11.8 Å². The van der Waals surface area contributed by atoms with Crippen LogP contribution >= 0.6 is 11.6 Å². The number of carbonyl (C=O) groups excluding carboxylic acids is 2. The first kappa shape index (κ1) is 18.5. The first-order valence-electron chi connectivity index (χ1n) is 7.43. The Balaban J connectivity index is 2.43. The van der Waals surface area contributed by atoms with Crippen LogP contribution < -0.4 is 15.5 Å². The predicted octanol–water partition coefficient (Wildman–Crippen LogP) is 0.557. The molecular weight excluding hydrogens is 302 g/mol. The smallest absolute Gasteiger partial charge is 0.275 e. The third kappa shape index (κ3) is 6.91. The van der Waals surface area contributed by atoms with Crippen molar-refractivity contribution in [2.24, 2.45) is 0 Å². The van der Waals surface area contributed by atoms with Crippen LogP contribution in [0.5, 0.6) is 0 Å². The number of amides is 2. The highest BCUT2D eigenvalue weighted by Crippen LogP contribution is 2.16. The highest BCUT2D eigenvalue weighted by Gasteiger charge is 2.16. The number of halogens is 1. The molecule has 122 valence electrons. The molecule has 0 aromatic heterocycles. The van der Waals surface area contributed by atoms with Crippen LogP contribution in [-0.2, 0) is 9.59 Å². The van der Waals surface area contributed by atoms with E-state index in [1.165, 1.54) is 0 Å². The summed E-state index contributed by atoms with van der Waals surface area (Å²) in [5.74, 6) is -0.148. The molecule has 0 aliphatic heterocycles. The zero-order valence-corrected chi connectivity index (χ0v) is 14.3. The molecule has 22 heavy (non-hydrogen) atoms. The van der Waals surface area contributed by atoms with E-state index in [2.05, 4.69) is 10.6 Å². The molecule has 0 saturated carbocycles. The lowest BCUT2D eigenvalue weighted by Crippen LogP contribution is -3.11. The standard InChI is InChI=1S/C16H24ClN3O2/c1-11(2)18-15(21)9-20(4)10-16(22)19-12(3)13-6-5-7-14(17)8-13/h5-8,11-12H,9-10H2,1-4H3,(H,18,21)(H,19,22)/p+1/t12-/m1/s1. The van der Waals surface area contributed by atoms with Crippen molar-refractivity contribution in [2.45, 2.75) is 32.9 Å². The molecule has 0 radical (unpaired) electrons. The predicted molar refractivity (Wildman–Crippen MR) is 87.9 cm³/mol. The fraction of sp³-hybridized carbons (Fsp3) is 0.500. The number of hydrogen-bond acceptors (Lipinski definition) is 2. The number of nitrogens with one attached hydrogen (secondary N) is 3. The Labute approximate surface area is 137 Å². The Morgan fingerprint density at radius 3 is 2.27 bits per heavy atom. The summed E-state index contributed by atoms with van der Waals surface area (Å²) >= 11 is 5.95. The van der Waals surface area contributed by atoms with Crippen LogP contribution in [0.1, 0.15) is 32.4 Å². The summed E-state index contributed by atoms with van der Waals surface area (Å²) in [6.07, 6.45) is 0. The summed E-state index contributed by atoms with van der Waals surface area (Å²) in [7, 11) is 1.82. The topological polar surface area (TPSA) is 62.6 Å². The van der Waals surface area contributed by atoms with E-state index in [0.717, 1.165) is 10.5 Å². The van der Waals surface area contributed by atoms with Crippen molar-refractivity contribution in [3.05, 3.63) is 34.9 Å². The average molecular weight is 327 g/mol. The Morgan fingerprint density at radius 2 is 1.73 bits per heavy atom. The van der Waals surface area contributed by atoms with Crippen molar-refractivity contribution < 1.29 is 14.5 Å². The Bertz CT molecular complexity index is 520. The summed E-state index contributed by atoms with van der Waals surface area (Å²) in [5.41, 5.74) is 0.955. The monoisotopic (exact) mass is 326 g/mol. The van der Waals surface area contributed by atoms with Gasteiger partial charge < -0.3 is 15.5 Å². The van der Waals surface area contributed by atoms with E-state index >= 15 is 0 Å². The van der Waals surface area contributed by atoms with E-state index in [4.69, 9.17) is 11.6 Å². The van der Waals surface area contributed by atoms with E-state index in [-0.39, 0.29) is 37.0 Å². The number of hydrogen-bond donors (Lipinski definition) is 3. The number of rotatable bonds is 7. The van der Waals surface area contributed by atoms with Gasteiger partial charge in [-0.2, -0.15) is 0 Å². The molecular formula is C16H25ClN3O2+. The maximum Gasteiger partial charge on any atom is 0.275 e. The lowest BCUT2D eigenvalue weighted by molar-refractivity contribution is -0.862. The molecule has 5 nitrogen and oxygen atoms in total. The molecule has 0 heterocycles. The van der Waals surface area contributed by atoms with Gasteiger partial charge in [-0.3, -0.25) is 9.59 Å². The molecule has 1 unspecified atom stereocenters. The molecule has 1 aromatic rings. The van der Waals surface area contributed by atoms with E-state index in [0.29, 0.717) is 5.02 Å². The number of benzene rings is 1.